The van der Waals surface area contributed by atoms with Crippen molar-refractivity contribution in [2.75, 3.05) is 30.4 Å². The summed E-state index contributed by atoms with van der Waals surface area (Å²) in [5, 5.41) is 9.04. The second-order valence-electron chi connectivity index (χ2n) is 11.0. The van der Waals surface area contributed by atoms with Gasteiger partial charge in [0.1, 0.15) is 5.75 Å². The smallest absolute Gasteiger partial charge is 0.259 e. The van der Waals surface area contributed by atoms with E-state index in [0.29, 0.717) is 35.9 Å². The average molecular weight is 623 g/mol. The molecule has 0 aliphatic carbocycles. The molecule has 0 unspecified atom stereocenters. The fraction of sp³-hybridized carbons (Fsp3) is 0.222. The summed E-state index contributed by atoms with van der Waals surface area (Å²) in [6.07, 6.45) is 3.95. The number of sulfone groups is 1. The highest BCUT2D eigenvalue weighted by Gasteiger charge is 2.58. The molecule has 2 aliphatic heterocycles. The van der Waals surface area contributed by atoms with Gasteiger partial charge in [0.25, 0.3) is 5.91 Å². The van der Waals surface area contributed by atoms with Crippen LogP contribution in [0, 0.1) is 0 Å². The van der Waals surface area contributed by atoms with E-state index in [9.17, 15) is 13.2 Å². The average Bonchev–Trinajstić information content (AvgIpc) is 3.47. The second-order valence-corrected chi connectivity index (χ2v) is 13.1. The van der Waals surface area contributed by atoms with Crippen LogP contribution in [0.2, 0.25) is 0 Å². The SMILES string of the molecule is O=C1N(CCS(=O)(=O)c2ccccc2)c2ccccc2[C@H]2OC(c3ccc(OCCCO)cc3)=N[C@@]12C/C=C/c1ccccc1. The number of fused-ring (bicyclic) bond motifs is 3. The fourth-order valence-corrected chi connectivity index (χ4v) is 6.92. The van der Waals surface area contributed by atoms with Gasteiger partial charge in [-0.25, -0.2) is 13.4 Å². The molecule has 8 nitrogen and oxygen atoms in total. The summed E-state index contributed by atoms with van der Waals surface area (Å²) in [4.78, 5) is 21.4. The van der Waals surface area contributed by atoms with Crippen molar-refractivity contribution in [2.24, 2.45) is 4.99 Å². The molecule has 2 heterocycles. The Hall–Kier alpha value is -4.73. The summed E-state index contributed by atoms with van der Waals surface area (Å²) in [5.74, 6) is 0.423. The van der Waals surface area contributed by atoms with E-state index in [0.717, 1.165) is 11.1 Å². The third-order valence-corrected chi connectivity index (χ3v) is 9.70. The van der Waals surface area contributed by atoms with Gasteiger partial charge in [-0.1, -0.05) is 78.9 Å². The third-order valence-electron chi connectivity index (χ3n) is 7.99. The predicted molar refractivity (Wildman–Crippen MR) is 174 cm³/mol. The van der Waals surface area contributed by atoms with E-state index in [1.165, 1.54) is 0 Å². The number of rotatable bonds is 12. The zero-order valence-corrected chi connectivity index (χ0v) is 25.5. The van der Waals surface area contributed by atoms with Gasteiger partial charge in [0.2, 0.25) is 5.90 Å². The van der Waals surface area contributed by atoms with E-state index in [1.807, 2.05) is 78.9 Å². The van der Waals surface area contributed by atoms with E-state index in [4.69, 9.17) is 19.6 Å². The standard InChI is InChI=1S/C36H34N2O6S/c39-24-10-25-43-29-20-18-28(19-21-29)34-37-36(22-9-13-27-11-3-1-4-12-27)33(44-34)31-16-7-8-17-32(31)38(35(36)40)23-26-45(41,42)30-14-5-2-6-15-30/h1-9,11-21,33,39H,10,22-26H2/b13-9+/t33-,36-/m1/s1. The molecular formula is C36H34N2O6S. The summed E-state index contributed by atoms with van der Waals surface area (Å²) < 4.78 is 38.7. The van der Waals surface area contributed by atoms with Crippen LogP contribution in [0.3, 0.4) is 0 Å². The number of anilines is 1. The topological polar surface area (TPSA) is 106 Å². The van der Waals surface area contributed by atoms with Crippen LogP contribution in [0.1, 0.15) is 35.6 Å². The number of aliphatic hydroxyl groups excluding tert-OH is 1. The molecule has 1 N–H and O–H groups in total. The van der Waals surface area contributed by atoms with Gasteiger partial charge in [0.15, 0.2) is 21.5 Å². The lowest BCUT2D eigenvalue weighted by molar-refractivity contribution is -0.126. The minimum atomic E-state index is -3.65. The van der Waals surface area contributed by atoms with Crippen molar-refractivity contribution in [3.8, 4) is 5.75 Å². The first-order valence-corrected chi connectivity index (χ1v) is 16.6. The Labute approximate surface area is 263 Å². The normalized spacial score (nSPS) is 19.1. The molecule has 0 saturated heterocycles. The molecule has 0 saturated carbocycles. The maximum Gasteiger partial charge on any atom is 0.259 e. The molecule has 230 valence electrons. The van der Waals surface area contributed by atoms with Gasteiger partial charge in [-0.05, 0) is 48.0 Å². The van der Waals surface area contributed by atoms with E-state index in [-0.39, 0.29) is 36.1 Å². The summed E-state index contributed by atoms with van der Waals surface area (Å²) in [6, 6.07) is 32.8. The lowest BCUT2D eigenvalue weighted by atomic mass is 9.79. The van der Waals surface area contributed by atoms with Crippen molar-refractivity contribution >= 4 is 33.4 Å². The highest BCUT2D eigenvalue weighted by Crippen LogP contribution is 2.50. The van der Waals surface area contributed by atoms with Crippen LogP contribution >= 0.6 is 0 Å². The molecule has 4 aromatic rings. The number of nitrogens with zero attached hydrogens (tertiary/aromatic N) is 2. The fourth-order valence-electron chi connectivity index (χ4n) is 5.69. The Kier molecular flexibility index (Phi) is 8.82. The van der Waals surface area contributed by atoms with Gasteiger partial charge in [-0.2, -0.15) is 0 Å². The Balaban J connectivity index is 1.37. The molecule has 0 radical (unpaired) electrons. The molecule has 0 aromatic heterocycles. The van der Waals surface area contributed by atoms with Crippen molar-refractivity contribution in [1.29, 1.82) is 0 Å². The first-order chi connectivity index (χ1) is 21.9. The van der Waals surface area contributed by atoms with Crippen LogP contribution in [0.5, 0.6) is 5.75 Å². The zero-order chi connectivity index (χ0) is 31.3. The molecule has 6 rings (SSSR count). The van der Waals surface area contributed by atoms with Crippen molar-refractivity contribution < 1.29 is 27.8 Å². The van der Waals surface area contributed by atoms with E-state index < -0.39 is 21.5 Å². The van der Waals surface area contributed by atoms with Crippen LogP contribution < -0.4 is 9.64 Å². The predicted octanol–water partition coefficient (Wildman–Crippen LogP) is 5.63. The lowest BCUT2D eigenvalue weighted by Crippen LogP contribution is -2.55. The number of carbonyl (C=O) groups excluding carboxylic acids is 1. The van der Waals surface area contributed by atoms with Crippen molar-refractivity contribution in [1.82, 2.24) is 0 Å². The van der Waals surface area contributed by atoms with E-state index >= 15 is 0 Å². The number of benzene rings is 4. The summed E-state index contributed by atoms with van der Waals surface area (Å²) in [5.41, 5.74) is 1.71. The molecule has 4 aromatic carbocycles. The highest BCUT2D eigenvalue weighted by molar-refractivity contribution is 7.91. The first kappa shape index (κ1) is 30.3. The molecule has 1 amide bonds. The molecule has 0 spiro atoms. The Morgan fingerprint density at radius 2 is 1.60 bits per heavy atom. The number of aliphatic hydroxyl groups is 1. The quantitative estimate of drug-likeness (QED) is 0.206. The van der Waals surface area contributed by atoms with Crippen LogP contribution in [0.25, 0.3) is 6.08 Å². The van der Waals surface area contributed by atoms with Crippen LogP contribution in [0.4, 0.5) is 5.69 Å². The number of carbonyl (C=O) groups is 1. The largest absolute Gasteiger partial charge is 0.494 e. The maximum atomic E-state index is 14.6. The zero-order valence-electron chi connectivity index (χ0n) is 24.7. The minimum Gasteiger partial charge on any atom is -0.494 e. The van der Waals surface area contributed by atoms with Gasteiger partial charge in [0.05, 0.1) is 22.9 Å². The van der Waals surface area contributed by atoms with Crippen molar-refractivity contribution in [3.63, 3.8) is 0 Å². The Bertz CT molecular complexity index is 1810. The monoisotopic (exact) mass is 622 g/mol. The first-order valence-electron chi connectivity index (χ1n) is 14.9. The number of aliphatic imine (C=N–C) groups is 1. The molecular weight excluding hydrogens is 588 g/mol. The molecule has 9 heteroatoms. The van der Waals surface area contributed by atoms with Crippen molar-refractivity contribution in [3.05, 3.63) is 132 Å². The molecule has 2 atom stereocenters. The van der Waals surface area contributed by atoms with Gasteiger partial charge in [-0.15, -0.1) is 0 Å². The van der Waals surface area contributed by atoms with Gasteiger partial charge < -0.3 is 19.5 Å². The summed E-state index contributed by atoms with van der Waals surface area (Å²) in [6.45, 7) is 0.414. The summed E-state index contributed by atoms with van der Waals surface area (Å²) in [7, 11) is -3.65. The summed E-state index contributed by atoms with van der Waals surface area (Å²) >= 11 is 0. The van der Waals surface area contributed by atoms with Gasteiger partial charge >= 0.3 is 0 Å². The highest BCUT2D eigenvalue weighted by atomic mass is 32.2. The second kappa shape index (κ2) is 13.1. The molecule has 2 aliphatic rings. The molecule has 0 bridgehead atoms. The van der Waals surface area contributed by atoms with Crippen molar-refractivity contribution in [2.45, 2.75) is 29.4 Å². The number of hydrogen-bond acceptors (Lipinski definition) is 7. The van der Waals surface area contributed by atoms with Crippen LogP contribution in [-0.4, -0.2) is 56.4 Å². The number of hydrogen-bond donors (Lipinski definition) is 1. The van der Waals surface area contributed by atoms with Crippen LogP contribution in [-0.2, 0) is 19.4 Å². The van der Waals surface area contributed by atoms with Gasteiger partial charge in [-0.3, -0.25) is 4.79 Å². The van der Waals surface area contributed by atoms with E-state index in [1.54, 1.807) is 47.4 Å². The number of ether oxygens (including phenoxy) is 2. The molecule has 45 heavy (non-hydrogen) atoms. The molecule has 0 fully saturated rings. The number of amides is 1. The maximum absolute atomic E-state index is 14.6. The third kappa shape index (κ3) is 6.27. The number of para-hydroxylation sites is 1. The Morgan fingerprint density at radius 1 is 0.911 bits per heavy atom. The lowest BCUT2D eigenvalue weighted by Gasteiger charge is -2.41. The Morgan fingerprint density at radius 3 is 2.33 bits per heavy atom. The van der Waals surface area contributed by atoms with Gasteiger partial charge in [0, 0.05) is 37.1 Å². The van der Waals surface area contributed by atoms with Crippen LogP contribution in [0.15, 0.2) is 125 Å². The minimum absolute atomic E-state index is 0.0331. The van der Waals surface area contributed by atoms with E-state index in [2.05, 4.69) is 0 Å².